The predicted molar refractivity (Wildman–Crippen MR) is 70.6 cm³/mol. The summed E-state index contributed by atoms with van der Waals surface area (Å²) in [4.78, 5) is 10.8. The third-order valence-corrected chi connectivity index (χ3v) is 3.30. The first-order valence-electron chi connectivity index (χ1n) is 5.33. The van der Waals surface area contributed by atoms with Gasteiger partial charge in [0.1, 0.15) is 5.69 Å². The lowest BCUT2D eigenvalue weighted by atomic mass is 10.0. The fourth-order valence-electron chi connectivity index (χ4n) is 2.07. The van der Waals surface area contributed by atoms with E-state index in [1.807, 2.05) is 30.3 Å². The van der Waals surface area contributed by atoms with Crippen LogP contribution in [0.25, 0.3) is 21.7 Å². The molecule has 3 aromatic rings. The Hall–Kier alpha value is -1.88. The third kappa shape index (κ3) is 1.76. The van der Waals surface area contributed by atoms with Crippen LogP contribution < -0.4 is 0 Å². The highest BCUT2D eigenvalue weighted by atomic mass is 79.9. The molecule has 1 aromatic heterocycles. The molecular weight excluding hydrogens is 298 g/mol. The molecule has 0 aliphatic heterocycles. The van der Waals surface area contributed by atoms with Crippen LogP contribution in [-0.2, 0) is 11.2 Å². The maximum atomic E-state index is 10.8. The highest BCUT2D eigenvalue weighted by Crippen LogP contribution is 2.30. The molecule has 0 spiro atoms. The Morgan fingerprint density at radius 1 is 1.33 bits per heavy atom. The van der Waals surface area contributed by atoms with Crippen molar-refractivity contribution in [2.75, 3.05) is 0 Å². The number of benzene rings is 2. The average Bonchev–Trinajstić information content (AvgIpc) is 2.71. The van der Waals surface area contributed by atoms with Crippen molar-refractivity contribution >= 4 is 43.6 Å². The van der Waals surface area contributed by atoms with Crippen molar-refractivity contribution in [1.82, 2.24) is 5.16 Å². The molecule has 18 heavy (non-hydrogen) atoms. The van der Waals surface area contributed by atoms with Crippen LogP contribution in [0.15, 0.2) is 39.3 Å². The summed E-state index contributed by atoms with van der Waals surface area (Å²) in [7, 11) is 0. The molecule has 0 saturated carbocycles. The maximum Gasteiger partial charge on any atom is 0.309 e. The molecule has 0 atom stereocenters. The van der Waals surface area contributed by atoms with Crippen molar-refractivity contribution in [2.24, 2.45) is 0 Å². The molecule has 0 aliphatic carbocycles. The molecule has 5 heteroatoms. The van der Waals surface area contributed by atoms with Gasteiger partial charge in [0, 0.05) is 4.47 Å². The van der Waals surface area contributed by atoms with Crippen LogP contribution in [0.4, 0.5) is 0 Å². The molecule has 4 nitrogen and oxygen atoms in total. The van der Waals surface area contributed by atoms with Gasteiger partial charge in [0.05, 0.1) is 11.8 Å². The van der Waals surface area contributed by atoms with Gasteiger partial charge >= 0.3 is 5.97 Å². The first-order valence-corrected chi connectivity index (χ1v) is 6.13. The Morgan fingerprint density at radius 2 is 2.17 bits per heavy atom. The second kappa shape index (κ2) is 4.10. The number of aliphatic carboxylic acids is 1. The van der Waals surface area contributed by atoms with Gasteiger partial charge in [-0.15, -0.1) is 0 Å². The number of carbonyl (C=O) groups is 1. The minimum absolute atomic E-state index is 0.137. The van der Waals surface area contributed by atoms with E-state index in [2.05, 4.69) is 21.1 Å². The van der Waals surface area contributed by atoms with E-state index in [4.69, 9.17) is 9.63 Å². The topological polar surface area (TPSA) is 63.3 Å². The second-order valence-corrected chi connectivity index (χ2v) is 4.92. The first-order chi connectivity index (χ1) is 8.65. The van der Waals surface area contributed by atoms with E-state index >= 15 is 0 Å². The van der Waals surface area contributed by atoms with Gasteiger partial charge in [0.2, 0.25) is 0 Å². The molecule has 3 rings (SSSR count). The molecule has 0 saturated heterocycles. The van der Waals surface area contributed by atoms with Crippen LogP contribution in [0.1, 0.15) is 5.69 Å². The molecule has 0 aliphatic rings. The van der Waals surface area contributed by atoms with Crippen molar-refractivity contribution < 1.29 is 14.4 Å². The van der Waals surface area contributed by atoms with Gasteiger partial charge in [-0.2, -0.15) is 0 Å². The summed E-state index contributed by atoms with van der Waals surface area (Å²) in [6.45, 7) is 0. The Kier molecular flexibility index (Phi) is 2.56. The van der Waals surface area contributed by atoms with E-state index in [1.165, 1.54) is 0 Å². The minimum Gasteiger partial charge on any atom is -0.481 e. The first kappa shape index (κ1) is 11.2. The maximum absolute atomic E-state index is 10.8. The van der Waals surface area contributed by atoms with E-state index in [0.717, 1.165) is 20.6 Å². The SMILES string of the molecule is O=C(O)Cc1noc2ccc3cc(Br)ccc3c12. The molecule has 0 fully saturated rings. The summed E-state index contributed by atoms with van der Waals surface area (Å²) in [6.07, 6.45) is -0.137. The number of fused-ring (bicyclic) bond motifs is 3. The van der Waals surface area contributed by atoms with Crippen LogP contribution in [0.5, 0.6) is 0 Å². The van der Waals surface area contributed by atoms with Crippen LogP contribution in [0.2, 0.25) is 0 Å². The average molecular weight is 306 g/mol. The van der Waals surface area contributed by atoms with Gasteiger partial charge in [-0.05, 0) is 29.0 Å². The summed E-state index contributed by atoms with van der Waals surface area (Å²) >= 11 is 3.41. The van der Waals surface area contributed by atoms with Gasteiger partial charge in [0.15, 0.2) is 5.58 Å². The smallest absolute Gasteiger partial charge is 0.309 e. The van der Waals surface area contributed by atoms with Crippen molar-refractivity contribution in [1.29, 1.82) is 0 Å². The molecule has 90 valence electrons. The quantitative estimate of drug-likeness (QED) is 0.788. The number of rotatable bonds is 2. The summed E-state index contributed by atoms with van der Waals surface area (Å²) < 4.78 is 6.14. The van der Waals surface area contributed by atoms with E-state index in [-0.39, 0.29) is 6.42 Å². The van der Waals surface area contributed by atoms with Gasteiger partial charge in [-0.3, -0.25) is 4.79 Å². The molecule has 0 bridgehead atoms. The number of aromatic nitrogens is 1. The summed E-state index contributed by atoms with van der Waals surface area (Å²) in [5.74, 6) is -0.917. The normalized spacial score (nSPS) is 11.2. The standard InChI is InChI=1S/C13H8BrNO3/c14-8-2-3-9-7(5-8)1-4-11-13(9)10(15-18-11)6-12(16)17/h1-5H,6H2,(H,16,17). The monoisotopic (exact) mass is 305 g/mol. The lowest BCUT2D eigenvalue weighted by molar-refractivity contribution is -0.136. The zero-order valence-electron chi connectivity index (χ0n) is 9.18. The van der Waals surface area contributed by atoms with Crippen molar-refractivity contribution in [3.05, 3.63) is 40.5 Å². The lowest BCUT2D eigenvalue weighted by Gasteiger charge is -2.00. The van der Waals surface area contributed by atoms with Crippen LogP contribution in [0.3, 0.4) is 0 Å². The number of hydrogen-bond acceptors (Lipinski definition) is 3. The minimum atomic E-state index is -0.917. The Morgan fingerprint density at radius 3 is 2.94 bits per heavy atom. The number of carboxylic acids is 1. The highest BCUT2D eigenvalue weighted by molar-refractivity contribution is 9.10. The molecule has 1 N–H and O–H groups in total. The highest BCUT2D eigenvalue weighted by Gasteiger charge is 2.14. The number of nitrogens with zero attached hydrogens (tertiary/aromatic N) is 1. The third-order valence-electron chi connectivity index (χ3n) is 2.81. The van der Waals surface area contributed by atoms with Crippen molar-refractivity contribution in [3.63, 3.8) is 0 Å². The zero-order valence-corrected chi connectivity index (χ0v) is 10.8. The zero-order chi connectivity index (χ0) is 12.7. The van der Waals surface area contributed by atoms with Gasteiger partial charge < -0.3 is 9.63 Å². The Bertz CT molecular complexity index is 763. The molecule has 1 heterocycles. The van der Waals surface area contributed by atoms with Crippen molar-refractivity contribution in [2.45, 2.75) is 6.42 Å². The van der Waals surface area contributed by atoms with E-state index in [1.54, 1.807) is 0 Å². The van der Waals surface area contributed by atoms with E-state index in [9.17, 15) is 4.79 Å². The summed E-state index contributed by atoms with van der Waals surface area (Å²) in [5.41, 5.74) is 1.08. The lowest BCUT2D eigenvalue weighted by Crippen LogP contribution is -2.00. The van der Waals surface area contributed by atoms with Gasteiger partial charge in [0.25, 0.3) is 0 Å². The number of carboxylic acid groups (broad SMARTS) is 1. The summed E-state index contributed by atoms with van der Waals surface area (Å²) in [5, 5.41) is 15.5. The molecule has 0 amide bonds. The fraction of sp³-hybridized carbons (Fsp3) is 0.0769. The van der Waals surface area contributed by atoms with E-state index < -0.39 is 5.97 Å². The Labute approximate surface area is 110 Å². The fourth-order valence-corrected chi connectivity index (χ4v) is 2.45. The molecule has 0 radical (unpaired) electrons. The molecule has 0 unspecified atom stereocenters. The summed E-state index contributed by atoms with van der Waals surface area (Å²) in [6, 6.07) is 9.57. The van der Waals surface area contributed by atoms with E-state index in [0.29, 0.717) is 11.3 Å². The number of halogens is 1. The van der Waals surface area contributed by atoms with Crippen LogP contribution >= 0.6 is 15.9 Å². The molecular formula is C13H8BrNO3. The second-order valence-electron chi connectivity index (χ2n) is 4.00. The predicted octanol–water partition coefficient (Wildman–Crippen LogP) is 3.37. The number of hydrogen-bond donors (Lipinski definition) is 1. The Balaban J connectivity index is 2.36. The van der Waals surface area contributed by atoms with Gasteiger partial charge in [-0.1, -0.05) is 33.2 Å². The largest absolute Gasteiger partial charge is 0.481 e. The van der Waals surface area contributed by atoms with Crippen LogP contribution in [-0.4, -0.2) is 16.2 Å². The van der Waals surface area contributed by atoms with Crippen LogP contribution in [0, 0.1) is 0 Å². The molecule has 2 aromatic carbocycles. The van der Waals surface area contributed by atoms with Gasteiger partial charge in [-0.25, -0.2) is 0 Å². The van der Waals surface area contributed by atoms with Crippen molar-refractivity contribution in [3.8, 4) is 0 Å².